The van der Waals surface area contributed by atoms with Crippen LogP contribution in [0, 0.1) is 19.3 Å². The molecular formula is C21H20N4O2S. The maximum absolute atomic E-state index is 12.5. The van der Waals surface area contributed by atoms with Gasteiger partial charge in [-0.1, -0.05) is 17.8 Å². The lowest BCUT2D eigenvalue weighted by molar-refractivity contribution is -0.114. The number of nitrogens with zero attached hydrogens (tertiary/aromatic N) is 3. The zero-order valence-corrected chi connectivity index (χ0v) is 16.9. The van der Waals surface area contributed by atoms with Crippen molar-refractivity contribution >= 4 is 34.7 Å². The molecule has 0 spiro atoms. The zero-order valence-electron chi connectivity index (χ0n) is 16.1. The van der Waals surface area contributed by atoms with E-state index < -0.39 is 0 Å². The standard InChI is InChI=1S/C21H20N4O2S/c1-12-8-15(14(3)24(12)16-6-5-7-17(10-16)27-4)9-18-19(22)25-13(2)11-28-21(25)23-20(18)26/h5-11,22H,1-4H3. The molecule has 0 fully saturated rings. The van der Waals surface area contributed by atoms with Crippen molar-refractivity contribution in [3.05, 3.63) is 64.0 Å². The van der Waals surface area contributed by atoms with E-state index in [9.17, 15) is 4.79 Å². The summed E-state index contributed by atoms with van der Waals surface area (Å²) in [4.78, 5) is 18.4. The van der Waals surface area contributed by atoms with Crippen molar-refractivity contribution in [1.82, 2.24) is 9.47 Å². The van der Waals surface area contributed by atoms with Crippen molar-refractivity contribution in [3.63, 3.8) is 0 Å². The molecule has 6 nitrogen and oxygen atoms in total. The number of rotatable bonds is 3. The van der Waals surface area contributed by atoms with Crippen LogP contribution < -0.4 is 4.74 Å². The fraction of sp³-hybridized carbons (Fsp3) is 0.190. The molecule has 3 heterocycles. The number of carbonyl (C=O) groups is 1. The molecule has 1 N–H and O–H groups in total. The van der Waals surface area contributed by atoms with Crippen LogP contribution in [0.5, 0.6) is 5.75 Å². The van der Waals surface area contributed by atoms with Gasteiger partial charge in [-0.3, -0.25) is 15.1 Å². The third-order valence-corrected chi connectivity index (χ3v) is 5.81. The van der Waals surface area contributed by atoms with Crippen molar-refractivity contribution in [2.75, 3.05) is 7.11 Å². The molecule has 0 unspecified atom stereocenters. The van der Waals surface area contributed by atoms with Crippen LogP contribution in [0.15, 0.2) is 52.0 Å². The van der Waals surface area contributed by atoms with E-state index in [1.165, 1.54) is 11.8 Å². The van der Waals surface area contributed by atoms with Crippen LogP contribution in [0.4, 0.5) is 0 Å². The van der Waals surface area contributed by atoms with Crippen molar-refractivity contribution in [1.29, 1.82) is 5.41 Å². The molecule has 2 aromatic rings. The number of carbonyl (C=O) groups excluding carboxylic acids is 1. The molecule has 0 atom stereocenters. The van der Waals surface area contributed by atoms with Crippen molar-refractivity contribution in [2.45, 2.75) is 20.8 Å². The molecule has 0 aliphatic carbocycles. The number of allylic oxidation sites excluding steroid dienone is 1. The number of aryl methyl sites for hydroxylation is 1. The number of hydrogen-bond donors (Lipinski definition) is 1. The quantitative estimate of drug-likeness (QED) is 0.792. The Morgan fingerprint density at radius 2 is 2.00 bits per heavy atom. The Bertz CT molecular complexity index is 1110. The number of methoxy groups -OCH3 is 1. The molecule has 0 bridgehead atoms. The van der Waals surface area contributed by atoms with Crippen LogP contribution in [-0.2, 0) is 4.79 Å². The highest BCUT2D eigenvalue weighted by molar-refractivity contribution is 8.16. The van der Waals surface area contributed by atoms with E-state index in [4.69, 9.17) is 10.1 Å². The first kappa shape index (κ1) is 18.3. The number of nitrogens with one attached hydrogen (secondary N) is 1. The van der Waals surface area contributed by atoms with E-state index in [-0.39, 0.29) is 11.7 Å². The Hall–Kier alpha value is -3.06. The molecule has 2 aliphatic heterocycles. The lowest BCUT2D eigenvalue weighted by Gasteiger charge is -2.25. The molecular weight excluding hydrogens is 372 g/mol. The highest BCUT2D eigenvalue weighted by Crippen LogP contribution is 2.32. The van der Waals surface area contributed by atoms with Gasteiger partial charge in [0.25, 0.3) is 5.91 Å². The topological polar surface area (TPSA) is 70.7 Å². The first-order valence-corrected chi connectivity index (χ1v) is 9.69. The molecule has 1 amide bonds. The number of thioether (sulfide) groups is 1. The van der Waals surface area contributed by atoms with Crippen LogP contribution >= 0.6 is 11.8 Å². The molecule has 2 aliphatic rings. The Balaban J connectivity index is 1.78. The van der Waals surface area contributed by atoms with E-state index in [1.54, 1.807) is 18.1 Å². The van der Waals surface area contributed by atoms with Crippen LogP contribution in [-0.4, -0.2) is 33.5 Å². The molecule has 0 radical (unpaired) electrons. The van der Waals surface area contributed by atoms with E-state index in [2.05, 4.69) is 9.56 Å². The summed E-state index contributed by atoms with van der Waals surface area (Å²) in [5.74, 6) is 0.572. The third kappa shape index (κ3) is 2.88. The molecule has 7 heteroatoms. The number of aliphatic imine (C=N–C) groups is 1. The van der Waals surface area contributed by atoms with Gasteiger partial charge in [-0.15, -0.1) is 0 Å². The number of benzene rings is 1. The van der Waals surface area contributed by atoms with Gasteiger partial charge in [-0.2, -0.15) is 4.99 Å². The maximum atomic E-state index is 12.5. The molecule has 1 aromatic heterocycles. The predicted octanol–water partition coefficient (Wildman–Crippen LogP) is 4.27. The van der Waals surface area contributed by atoms with Gasteiger partial charge < -0.3 is 9.30 Å². The van der Waals surface area contributed by atoms with Crippen LogP contribution in [0.25, 0.3) is 11.8 Å². The Morgan fingerprint density at radius 3 is 2.75 bits per heavy atom. The fourth-order valence-corrected chi connectivity index (χ4v) is 4.34. The largest absolute Gasteiger partial charge is 0.497 e. The zero-order chi connectivity index (χ0) is 20.0. The lowest BCUT2D eigenvalue weighted by atomic mass is 10.1. The average molecular weight is 392 g/mol. The third-order valence-electron chi connectivity index (χ3n) is 4.87. The summed E-state index contributed by atoms with van der Waals surface area (Å²) in [6.45, 7) is 5.93. The summed E-state index contributed by atoms with van der Waals surface area (Å²) >= 11 is 1.37. The lowest BCUT2D eigenvalue weighted by Crippen LogP contribution is -2.37. The van der Waals surface area contributed by atoms with Crippen molar-refractivity contribution in [3.8, 4) is 11.4 Å². The fourth-order valence-electron chi connectivity index (χ4n) is 3.48. The van der Waals surface area contributed by atoms with Crippen LogP contribution in [0.1, 0.15) is 23.9 Å². The SMILES string of the molecule is COc1cccc(-n2c(C)cc(C=C3C(=N)N4C(C)=CSC4=NC3=O)c2C)c1. The number of amidine groups is 2. The van der Waals surface area contributed by atoms with Gasteiger partial charge >= 0.3 is 0 Å². The van der Waals surface area contributed by atoms with Crippen LogP contribution in [0.3, 0.4) is 0 Å². The van der Waals surface area contributed by atoms with E-state index in [0.29, 0.717) is 10.7 Å². The maximum Gasteiger partial charge on any atom is 0.283 e. The van der Waals surface area contributed by atoms with Gasteiger partial charge in [0.1, 0.15) is 11.6 Å². The normalized spacial score (nSPS) is 17.7. The Labute approximate surface area is 167 Å². The molecule has 0 saturated heterocycles. The molecule has 4 rings (SSSR count). The molecule has 142 valence electrons. The van der Waals surface area contributed by atoms with Gasteiger partial charge in [0.2, 0.25) is 0 Å². The van der Waals surface area contributed by atoms with E-state index >= 15 is 0 Å². The Kier molecular flexibility index (Phi) is 4.47. The predicted molar refractivity (Wildman–Crippen MR) is 113 cm³/mol. The van der Waals surface area contributed by atoms with Crippen molar-refractivity contribution in [2.24, 2.45) is 4.99 Å². The second-order valence-corrected chi connectivity index (χ2v) is 7.52. The summed E-state index contributed by atoms with van der Waals surface area (Å²) in [6.07, 6.45) is 1.76. The van der Waals surface area contributed by atoms with Gasteiger partial charge in [0.05, 0.1) is 12.7 Å². The minimum absolute atomic E-state index is 0.167. The van der Waals surface area contributed by atoms with Gasteiger partial charge in [-0.25, -0.2) is 0 Å². The summed E-state index contributed by atoms with van der Waals surface area (Å²) < 4.78 is 7.45. The monoisotopic (exact) mass is 392 g/mol. The Morgan fingerprint density at radius 1 is 1.21 bits per heavy atom. The first-order chi connectivity index (χ1) is 13.4. The second kappa shape index (κ2) is 6.83. The van der Waals surface area contributed by atoms with Crippen LogP contribution in [0.2, 0.25) is 0 Å². The smallest absolute Gasteiger partial charge is 0.283 e. The summed E-state index contributed by atoms with van der Waals surface area (Å²) in [5.41, 5.74) is 5.08. The number of amides is 1. The average Bonchev–Trinajstić information content (AvgIpc) is 3.17. The first-order valence-electron chi connectivity index (χ1n) is 8.81. The molecule has 1 aromatic carbocycles. The molecule has 28 heavy (non-hydrogen) atoms. The highest BCUT2D eigenvalue weighted by Gasteiger charge is 2.34. The summed E-state index contributed by atoms with van der Waals surface area (Å²) in [6, 6.07) is 9.85. The second-order valence-electron chi connectivity index (χ2n) is 6.68. The van der Waals surface area contributed by atoms with E-state index in [0.717, 1.165) is 34.1 Å². The van der Waals surface area contributed by atoms with E-state index in [1.807, 2.05) is 56.5 Å². The molecule has 0 saturated carbocycles. The number of aromatic nitrogens is 1. The van der Waals surface area contributed by atoms with Gasteiger partial charge in [0.15, 0.2) is 5.17 Å². The highest BCUT2D eigenvalue weighted by atomic mass is 32.2. The number of ether oxygens (including phenoxy) is 1. The number of hydrogen-bond acceptors (Lipinski definition) is 4. The minimum atomic E-state index is -0.377. The summed E-state index contributed by atoms with van der Waals surface area (Å²) in [5, 5.41) is 11.0. The summed E-state index contributed by atoms with van der Waals surface area (Å²) in [7, 11) is 1.65. The van der Waals surface area contributed by atoms with Gasteiger partial charge in [0, 0.05) is 28.8 Å². The minimum Gasteiger partial charge on any atom is -0.497 e. The van der Waals surface area contributed by atoms with Crippen molar-refractivity contribution < 1.29 is 9.53 Å². The van der Waals surface area contributed by atoms with Gasteiger partial charge in [-0.05, 0) is 56.0 Å². The number of fused-ring (bicyclic) bond motifs is 1.